The number of thiazole rings is 1. The molecule has 0 spiro atoms. The zero-order valence-electron chi connectivity index (χ0n) is 11.5. The lowest BCUT2D eigenvalue weighted by molar-refractivity contribution is 0.104. The zero-order chi connectivity index (χ0) is 15.4. The van der Waals surface area contributed by atoms with Crippen LogP contribution in [0.4, 0.5) is 10.8 Å². The highest BCUT2D eigenvalue weighted by Crippen LogP contribution is 2.26. The lowest BCUT2D eigenvalue weighted by Crippen LogP contribution is -1.97. The Hall–Kier alpha value is -2.97. The van der Waals surface area contributed by atoms with Gasteiger partial charge in [0.2, 0.25) is 5.78 Å². The molecule has 0 atom stereocenters. The molecule has 0 saturated carbocycles. The Kier molecular flexibility index (Phi) is 3.95. The van der Waals surface area contributed by atoms with Crippen LogP contribution in [0.3, 0.4) is 0 Å². The fraction of sp³-hybridized carbons (Fsp3) is 0. The largest absolute Gasteiger partial charge is 0.330 e. The van der Waals surface area contributed by atoms with E-state index in [0.717, 1.165) is 0 Å². The smallest absolute Gasteiger partial charge is 0.204 e. The van der Waals surface area contributed by atoms with Crippen LogP contribution >= 0.6 is 11.3 Å². The van der Waals surface area contributed by atoms with Crippen LogP contribution in [-0.2, 0) is 0 Å². The maximum atomic E-state index is 12.3. The Balaban J connectivity index is 1.83. The van der Waals surface area contributed by atoms with Crippen molar-refractivity contribution in [3.8, 4) is 6.07 Å². The molecule has 1 heterocycles. The third kappa shape index (κ3) is 2.87. The van der Waals surface area contributed by atoms with Crippen molar-refractivity contribution in [2.24, 2.45) is 0 Å². The molecule has 0 saturated heterocycles. The summed E-state index contributed by atoms with van der Waals surface area (Å²) in [4.78, 5) is 17.1. The zero-order valence-corrected chi connectivity index (χ0v) is 12.3. The fourth-order valence-corrected chi connectivity index (χ4v) is 2.76. The van der Waals surface area contributed by atoms with E-state index in [0.29, 0.717) is 26.8 Å². The van der Waals surface area contributed by atoms with Crippen LogP contribution in [0, 0.1) is 11.3 Å². The quantitative estimate of drug-likeness (QED) is 0.740. The number of carbonyl (C=O) groups excluding carboxylic acids is 1. The number of hydrogen-bond acceptors (Lipinski definition) is 5. The van der Waals surface area contributed by atoms with E-state index in [-0.39, 0.29) is 5.78 Å². The summed E-state index contributed by atoms with van der Waals surface area (Å²) in [7, 11) is 0. The number of nitrogens with zero attached hydrogens (tertiary/aromatic N) is 2. The van der Waals surface area contributed by atoms with E-state index in [1.165, 1.54) is 11.3 Å². The molecule has 4 nitrogen and oxygen atoms in total. The molecular weight excluding hydrogens is 294 g/mol. The minimum absolute atomic E-state index is 0.0558. The maximum absolute atomic E-state index is 12.3. The van der Waals surface area contributed by atoms with Gasteiger partial charge in [-0.25, -0.2) is 4.98 Å². The normalized spacial score (nSPS) is 9.95. The molecule has 0 aliphatic carbocycles. The van der Waals surface area contributed by atoms with Gasteiger partial charge in [-0.1, -0.05) is 53.8 Å². The third-order valence-electron chi connectivity index (χ3n) is 3.05. The topological polar surface area (TPSA) is 65.8 Å². The number of anilines is 2. The van der Waals surface area contributed by atoms with Crippen LogP contribution < -0.4 is 5.32 Å². The number of carbonyl (C=O) groups is 1. The van der Waals surface area contributed by atoms with Gasteiger partial charge in [0, 0.05) is 5.56 Å². The number of para-hydroxylation sites is 1. The average molecular weight is 305 g/mol. The molecule has 0 aliphatic rings. The first kappa shape index (κ1) is 14.0. The number of benzene rings is 2. The first-order valence-corrected chi connectivity index (χ1v) is 7.41. The van der Waals surface area contributed by atoms with E-state index in [9.17, 15) is 4.79 Å². The Morgan fingerprint density at radius 2 is 1.82 bits per heavy atom. The van der Waals surface area contributed by atoms with Gasteiger partial charge in [0.15, 0.2) is 5.13 Å². The summed E-state index contributed by atoms with van der Waals surface area (Å²) in [5.74, 6) is -0.0558. The highest BCUT2D eigenvalue weighted by atomic mass is 32.1. The third-order valence-corrected chi connectivity index (χ3v) is 3.97. The summed E-state index contributed by atoms with van der Waals surface area (Å²) in [5.41, 5.74) is 1.85. The average Bonchev–Trinajstić information content (AvgIpc) is 3.04. The van der Waals surface area contributed by atoms with Gasteiger partial charge in [-0.15, -0.1) is 0 Å². The van der Waals surface area contributed by atoms with Crippen molar-refractivity contribution in [2.45, 2.75) is 0 Å². The van der Waals surface area contributed by atoms with Gasteiger partial charge in [0.1, 0.15) is 6.07 Å². The number of rotatable bonds is 4. The van der Waals surface area contributed by atoms with Crippen LogP contribution in [0.2, 0.25) is 0 Å². The van der Waals surface area contributed by atoms with E-state index < -0.39 is 0 Å². The Bertz CT molecular complexity index is 850. The second kappa shape index (κ2) is 6.20. The second-order valence-corrected chi connectivity index (χ2v) is 5.54. The lowest BCUT2D eigenvalue weighted by atomic mass is 10.1. The summed E-state index contributed by atoms with van der Waals surface area (Å²) in [5, 5.41) is 12.7. The highest BCUT2D eigenvalue weighted by molar-refractivity contribution is 7.17. The van der Waals surface area contributed by atoms with Gasteiger partial charge < -0.3 is 5.32 Å². The molecule has 5 heteroatoms. The van der Waals surface area contributed by atoms with Crippen molar-refractivity contribution in [3.05, 3.63) is 76.8 Å². The van der Waals surface area contributed by atoms with Crippen molar-refractivity contribution in [2.75, 3.05) is 5.32 Å². The standard InChI is InChI=1S/C17H11N3OS/c18-10-13-8-4-5-9-14(13)20-17-19-11-15(22-17)16(21)12-6-2-1-3-7-12/h1-9,11H,(H,19,20). The Morgan fingerprint density at radius 1 is 1.09 bits per heavy atom. The van der Waals surface area contributed by atoms with Crippen molar-refractivity contribution in [1.82, 2.24) is 4.98 Å². The molecule has 22 heavy (non-hydrogen) atoms. The minimum Gasteiger partial charge on any atom is -0.330 e. The molecule has 0 fully saturated rings. The molecule has 2 aromatic carbocycles. The second-order valence-electron chi connectivity index (χ2n) is 4.51. The van der Waals surface area contributed by atoms with Crippen LogP contribution in [0.15, 0.2) is 60.8 Å². The van der Waals surface area contributed by atoms with Crippen LogP contribution in [0.1, 0.15) is 20.8 Å². The van der Waals surface area contributed by atoms with Gasteiger partial charge in [0.25, 0.3) is 0 Å². The number of nitrogens with one attached hydrogen (secondary N) is 1. The first-order valence-electron chi connectivity index (χ1n) is 6.59. The monoisotopic (exact) mass is 305 g/mol. The molecule has 1 N–H and O–H groups in total. The SMILES string of the molecule is N#Cc1ccccc1Nc1ncc(C(=O)c2ccccc2)s1. The van der Waals surface area contributed by atoms with Crippen LogP contribution in [-0.4, -0.2) is 10.8 Å². The summed E-state index contributed by atoms with van der Waals surface area (Å²) in [6, 6.07) is 18.4. The number of aromatic nitrogens is 1. The molecule has 3 aromatic rings. The summed E-state index contributed by atoms with van der Waals surface area (Å²) < 4.78 is 0. The van der Waals surface area contributed by atoms with Gasteiger partial charge in [-0.2, -0.15) is 5.26 Å². The van der Waals surface area contributed by atoms with Gasteiger partial charge in [-0.05, 0) is 12.1 Å². The summed E-state index contributed by atoms with van der Waals surface area (Å²) in [6.45, 7) is 0. The van der Waals surface area contributed by atoms with E-state index in [2.05, 4.69) is 16.4 Å². The first-order chi connectivity index (χ1) is 10.8. The molecular formula is C17H11N3OS. The van der Waals surface area contributed by atoms with Crippen molar-refractivity contribution in [1.29, 1.82) is 5.26 Å². The fourth-order valence-electron chi connectivity index (χ4n) is 1.97. The Labute approximate surface area is 131 Å². The van der Waals surface area contributed by atoms with Crippen LogP contribution in [0.5, 0.6) is 0 Å². The summed E-state index contributed by atoms with van der Waals surface area (Å²) >= 11 is 1.27. The molecule has 0 amide bonds. The van der Waals surface area contributed by atoms with Crippen molar-refractivity contribution in [3.63, 3.8) is 0 Å². The predicted octanol–water partition coefficient (Wildman–Crippen LogP) is 3.99. The van der Waals surface area contributed by atoms with E-state index >= 15 is 0 Å². The minimum atomic E-state index is -0.0558. The highest BCUT2D eigenvalue weighted by Gasteiger charge is 2.13. The number of ketones is 1. The molecule has 0 unspecified atom stereocenters. The number of nitriles is 1. The summed E-state index contributed by atoms with van der Waals surface area (Å²) in [6.07, 6.45) is 1.55. The molecule has 106 valence electrons. The van der Waals surface area contributed by atoms with Crippen molar-refractivity contribution >= 4 is 27.9 Å². The maximum Gasteiger partial charge on any atom is 0.204 e. The predicted molar refractivity (Wildman–Crippen MR) is 86.4 cm³/mol. The molecule has 0 radical (unpaired) electrons. The van der Waals surface area contributed by atoms with Gasteiger partial charge >= 0.3 is 0 Å². The molecule has 0 bridgehead atoms. The molecule has 1 aromatic heterocycles. The van der Waals surface area contributed by atoms with Crippen LogP contribution in [0.25, 0.3) is 0 Å². The van der Waals surface area contributed by atoms with Crippen molar-refractivity contribution < 1.29 is 4.79 Å². The lowest BCUT2D eigenvalue weighted by Gasteiger charge is -2.03. The van der Waals surface area contributed by atoms with Gasteiger partial charge in [0.05, 0.1) is 22.3 Å². The van der Waals surface area contributed by atoms with E-state index in [1.807, 2.05) is 24.3 Å². The van der Waals surface area contributed by atoms with E-state index in [1.54, 1.807) is 36.5 Å². The molecule has 3 rings (SSSR count). The number of hydrogen-bond donors (Lipinski definition) is 1. The molecule has 0 aliphatic heterocycles. The van der Waals surface area contributed by atoms with Gasteiger partial charge in [-0.3, -0.25) is 4.79 Å². The Morgan fingerprint density at radius 3 is 2.59 bits per heavy atom. The van der Waals surface area contributed by atoms with E-state index in [4.69, 9.17) is 5.26 Å².